The van der Waals surface area contributed by atoms with Gasteiger partial charge in [0, 0.05) is 24.7 Å². The van der Waals surface area contributed by atoms with E-state index in [1.165, 1.54) is 17.2 Å². The molecule has 0 radical (unpaired) electrons. The normalized spacial score (nSPS) is 13.2. The summed E-state index contributed by atoms with van der Waals surface area (Å²) in [6.45, 7) is 1.30. The van der Waals surface area contributed by atoms with Gasteiger partial charge in [0.05, 0.1) is 5.52 Å². The molecule has 0 unspecified atom stereocenters. The molecule has 0 atom stereocenters. The SMILES string of the molecule is O=C(C=Cc1cc2cccc3c2n(c1=O)CCC3)NCCc1ccccc1. The molecule has 4 heteroatoms. The number of aromatic nitrogens is 1. The van der Waals surface area contributed by atoms with Gasteiger partial charge < -0.3 is 9.88 Å². The molecule has 0 bridgehead atoms. The van der Waals surface area contributed by atoms with E-state index in [1.807, 2.05) is 53.1 Å². The van der Waals surface area contributed by atoms with Crippen molar-refractivity contribution in [1.29, 1.82) is 0 Å². The van der Waals surface area contributed by atoms with Gasteiger partial charge >= 0.3 is 0 Å². The first-order chi connectivity index (χ1) is 13.2. The highest BCUT2D eigenvalue weighted by molar-refractivity contribution is 5.92. The van der Waals surface area contributed by atoms with E-state index < -0.39 is 0 Å². The molecule has 1 aliphatic rings. The van der Waals surface area contributed by atoms with Gasteiger partial charge in [-0.15, -0.1) is 0 Å². The summed E-state index contributed by atoms with van der Waals surface area (Å²) in [6.07, 6.45) is 5.85. The Balaban J connectivity index is 1.49. The molecule has 0 fully saturated rings. The van der Waals surface area contributed by atoms with Crippen molar-refractivity contribution in [3.05, 3.63) is 87.7 Å². The first kappa shape index (κ1) is 17.3. The first-order valence-corrected chi connectivity index (χ1v) is 9.38. The first-order valence-electron chi connectivity index (χ1n) is 9.38. The van der Waals surface area contributed by atoms with Gasteiger partial charge in [0.1, 0.15) is 0 Å². The second-order valence-corrected chi connectivity index (χ2v) is 6.87. The van der Waals surface area contributed by atoms with Crippen LogP contribution in [0, 0.1) is 0 Å². The van der Waals surface area contributed by atoms with Gasteiger partial charge in [-0.3, -0.25) is 9.59 Å². The number of amides is 1. The van der Waals surface area contributed by atoms with Crippen molar-refractivity contribution < 1.29 is 4.79 Å². The predicted octanol–water partition coefficient (Wildman–Crippen LogP) is 3.32. The number of rotatable bonds is 5. The molecule has 1 aromatic heterocycles. The van der Waals surface area contributed by atoms with E-state index in [0.717, 1.165) is 36.7 Å². The Morgan fingerprint density at radius 1 is 1.11 bits per heavy atom. The Labute approximate surface area is 158 Å². The van der Waals surface area contributed by atoms with Crippen LogP contribution >= 0.6 is 0 Å². The van der Waals surface area contributed by atoms with Gasteiger partial charge in [0.25, 0.3) is 5.56 Å². The van der Waals surface area contributed by atoms with Gasteiger partial charge in [0.15, 0.2) is 0 Å². The standard InChI is InChI=1S/C23H22N2O2/c26-21(24-14-13-17-6-2-1-3-7-17)12-11-20-16-19-9-4-8-18-10-5-15-25(22(18)19)23(20)27/h1-4,6-9,11-12,16H,5,10,13-15H2,(H,24,26). The number of hydrogen-bond acceptors (Lipinski definition) is 2. The number of aryl methyl sites for hydroxylation is 2. The maximum absolute atomic E-state index is 12.8. The highest BCUT2D eigenvalue weighted by Gasteiger charge is 2.15. The fourth-order valence-electron chi connectivity index (χ4n) is 3.70. The maximum atomic E-state index is 12.8. The highest BCUT2D eigenvalue weighted by atomic mass is 16.1. The summed E-state index contributed by atoms with van der Waals surface area (Å²) in [6, 6.07) is 18.1. The molecule has 1 aliphatic heterocycles. The smallest absolute Gasteiger partial charge is 0.258 e. The Kier molecular flexibility index (Phi) is 4.88. The largest absolute Gasteiger partial charge is 0.352 e. The lowest BCUT2D eigenvalue weighted by atomic mass is 10.00. The minimum Gasteiger partial charge on any atom is -0.352 e. The van der Waals surface area contributed by atoms with Gasteiger partial charge in [0.2, 0.25) is 5.91 Å². The van der Waals surface area contributed by atoms with Crippen LogP contribution in [0.4, 0.5) is 0 Å². The summed E-state index contributed by atoms with van der Waals surface area (Å²) in [5, 5.41) is 3.92. The van der Waals surface area contributed by atoms with Gasteiger partial charge in [-0.05, 0) is 47.9 Å². The average molecular weight is 358 g/mol. The second kappa shape index (κ2) is 7.62. The third-order valence-corrected chi connectivity index (χ3v) is 5.02. The number of pyridine rings is 1. The third-order valence-electron chi connectivity index (χ3n) is 5.02. The van der Waals surface area contributed by atoms with Crippen molar-refractivity contribution in [2.75, 3.05) is 6.54 Å². The summed E-state index contributed by atoms with van der Waals surface area (Å²) in [4.78, 5) is 24.9. The molecule has 3 aromatic rings. The molecule has 1 amide bonds. The number of carbonyl (C=O) groups excluding carboxylic acids is 1. The lowest BCUT2D eigenvalue weighted by Crippen LogP contribution is -2.26. The van der Waals surface area contributed by atoms with E-state index in [0.29, 0.717) is 12.1 Å². The molecule has 4 nitrogen and oxygen atoms in total. The van der Waals surface area contributed by atoms with E-state index in [-0.39, 0.29) is 11.5 Å². The molecular weight excluding hydrogens is 336 g/mol. The van der Waals surface area contributed by atoms with Crippen molar-refractivity contribution in [2.45, 2.75) is 25.8 Å². The van der Waals surface area contributed by atoms with Crippen molar-refractivity contribution in [3.63, 3.8) is 0 Å². The van der Waals surface area contributed by atoms with Crippen LogP contribution in [-0.2, 0) is 24.2 Å². The van der Waals surface area contributed by atoms with Crippen molar-refractivity contribution >= 4 is 22.9 Å². The molecular formula is C23H22N2O2. The summed E-state index contributed by atoms with van der Waals surface area (Å²) >= 11 is 0. The fraction of sp³-hybridized carbons (Fsp3) is 0.217. The summed E-state index contributed by atoms with van der Waals surface area (Å²) in [5.41, 5.74) is 3.98. The van der Waals surface area contributed by atoms with Gasteiger partial charge in [-0.1, -0.05) is 48.5 Å². The number of benzene rings is 2. The zero-order chi connectivity index (χ0) is 18.6. The number of hydrogen-bond donors (Lipinski definition) is 1. The van der Waals surface area contributed by atoms with E-state index in [9.17, 15) is 9.59 Å². The number of para-hydroxylation sites is 1. The van der Waals surface area contributed by atoms with Gasteiger partial charge in [-0.2, -0.15) is 0 Å². The van der Waals surface area contributed by atoms with Crippen LogP contribution in [0.5, 0.6) is 0 Å². The molecule has 0 spiro atoms. The van der Waals surface area contributed by atoms with Crippen molar-refractivity contribution in [3.8, 4) is 0 Å². The van der Waals surface area contributed by atoms with Crippen molar-refractivity contribution in [2.24, 2.45) is 0 Å². The van der Waals surface area contributed by atoms with Crippen LogP contribution < -0.4 is 10.9 Å². The zero-order valence-corrected chi connectivity index (χ0v) is 15.2. The maximum Gasteiger partial charge on any atom is 0.258 e. The molecule has 2 heterocycles. The summed E-state index contributed by atoms with van der Waals surface area (Å²) in [5.74, 6) is -0.183. The van der Waals surface area contributed by atoms with Crippen LogP contribution in [0.2, 0.25) is 0 Å². The van der Waals surface area contributed by atoms with E-state index in [1.54, 1.807) is 6.08 Å². The fourth-order valence-corrected chi connectivity index (χ4v) is 3.70. The van der Waals surface area contributed by atoms with Crippen LogP contribution in [0.15, 0.2) is 65.5 Å². The quantitative estimate of drug-likeness (QED) is 0.712. The zero-order valence-electron chi connectivity index (χ0n) is 15.2. The minimum atomic E-state index is -0.183. The molecule has 0 aliphatic carbocycles. The van der Waals surface area contributed by atoms with E-state index >= 15 is 0 Å². The molecule has 4 rings (SSSR count). The number of nitrogens with zero attached hydrogens (tertiary/aromatic N) is 1. The van der Waals surface area contributed by atoms with Crippen LogP contribution in [0.1, 0.15) is 23.1 Å². The van der Waals surface area contributed by atoms with Crippen LogP contribution in [0.25, 0.3) is 17.0 Å². The Morgan fingerprint density at radius 3 is 2.81 bits per heavy atom. The van der Waals surface area contributed by atoms with E-state index in [2.05, 4.69) is 11.4 Å². The number of nitrogens with one attached hydrogen (secondary N) is 1. The molecule has 0 saturated carbocycles. The van der Waals surface area contributed by atoms with Gasteiger partial charge in [-0.25, -0.2) is 0 Å². The Hall–Kier alpha value is -3.14. The highest BCUT2D eigenvalue weighted by Crippen LogP contribution is 2.24. The molecule has 136 valence electrons. The average Bonchev–Trinajstić information content (AvgIpc) is 2.70. The Bertz CT molecular complexity index is 1060. The van der Waals surface area contributed by atoms with Crippen LogP contribution in [-0.4, -0.2) is 17.0 Å². The molecule has 1 N–H and O–H groups in total. The monoisotopic (exact) mass is 358 g/mol. The molecule has 27 heavy (non-hydrogen) atoms. The number of carbonyl (C=O) groups is 1. The second-order valence-electron chi connectivity index (χ2n) is 6.87. The lowest BCUT2D eigenvalue weighted by molar-refractivity contribution is -0.116. The molecule has 0 saturated heterocycles. The third kappa shape index (κ3) is 3.70. The Morgan fingerprint density at radius 2 is 1.96 bits per heavy atom. The van der Waals surface area contributed by atoms with Crippen LogP contribution in [0.3, 0.4) is 0 Å². The topological polar surface area (TPSA) is 51.1 Å². The van der Waals surface area contributed by atoms with E-state index in [4.69, 9.17) is 0 Å². The predicted molar refractivity (Wildman–Crippen MR) is 109 cm³/mol. The van der Waals surface area contributed by atoms with Crippen molar-refractivity contribution in [1.82, 2.24) is 9.88 Å². The lowest BCUT2D eigenvalue weighted by Gasteiger charge is -2.19. The summed E-state index contributed by atoms with van der Waals surface area (Å²) in [7, 11) is 0. The molecule has 2 aromatic carbocycles. The summed E-state index contributed by atoms with van der Waals surface area (Å²) < 4.78 is 1.85. The minimum absolute atomic E-state index is 0.0250.